The van der Waals surface area contributed by atoms with E-state index < -0.39 is 11.5 Å². The van der Waals surface area contributed by atoms with E-state index in [4.69, 9.17) is 4.74 Å². The Morgan fingerprint density at radius 2 is 1.34 bits per heavy atom. The normalized spacial score (nSPS) is 25.3. The molecule has 1 heterocycles. The molecule has 4 aliphatic rings. The van der Waals surface area contributed by atoms with Gasteiger partial charge in [-0.25, -0.2) is 0 Å². The molecule has 4 fully saturated rings. The quantitative estimate of drug-likeness (QED) is 0.525. The Morgan fingerprint density at radius 3 is 1.91 bits per heavy atom. The average molecular weight is 481 g/mol. The van der Waals surface area contributed by atoms with E-state index in [-0.39, 0.29) is 24.2 Å². The van der Waals surface area contributed by atoms with Gasteiger partial charge in [-0.05, 0) is 75.6 Å². The summed E-state index contributed by atoms with van der Waals surface area (Å²) in [6.07, 6.45) is 16.6. The molecule has 6 nitrogen and oxygen atoms in total. The first-order valence-corrected chi connectivity index (χ1v) is 14.0. The van der Waals surface area contributed by atoms with Crippen molar-refractivity contribution < 1.29 is 19.1 Å². The fourth-order valence-electron chi connectivity index (χ4n) is 7.05. The molecular formula is C29H40N2O4. The Kier molecular flexibility index (Phi) is 7.45. The maximum Gasteiger partial charge on any atom is 0.307 e. The topological polar surface area (TPSA) is 75.7 Å². The summed E-state index contributed by atoms with van der Waals surface area (Å²) in [7, 11) is 0. The van der Waals surface area contributed by atoms with Gasteiger partial charge in [0.15, 0.2) is 0 Å². The predicted octanol–water partition coefficient (Wildman–Crippen LogP) is 6.00. The maximum atomic E-state index is 13.7. The number of benzene rings is 1. The van der Waals surface area contributed by atoms with E-state index in [1.54, 1.807) is 0 Å². The Balaban J connectivity index is 1.28. The summed E-state index contributed by atoms with van der Waals surface area (Å²) in [6, 6.07) is 8.06. The highest BCUT2D eigenvalue weighted by Crippen LogP contribution is 2.44. The van der Waals surface area contributed by atoms with Gasteiger partial charge in [-0.3, -0.25) is 14.4 Å². The number of rotatable bonds is 5. The summed E-state index contributed by atoms with van der Waals surface area (Å²) in [5.41, 5.74) is 0.733. The van der Waals surface area contributed by atoms with Crippen LogP contribution in [0.25, 0.3) is 0 Å². The van der Waals surface area contributed by atoms with Crippen LogP contribution in [0.2, 0.25) is 0 Å². The molecule has 0 unspecified atom stereocenters. The summed E-state index contributed by atoms with van der Waals surface area (Å²) in [4.78, 5) is 41.2. The third kappa shape index (κ3) is 5.26. The number of amides is 2. The smallest absolute Gasteiger partial charge is 0.307 e. The predicted molar refractivity (Wildman–Crippen MR) is 135 cm³/mol. The van der Waals surface area contributed by atoms with Crippen molar-refractivity contribution in [3.8, 4) is 0 Å². The highest BCUT2D eigenvalue weighted by Gasteiger charge is 2.52. The number of hydrogen-bond donors (Lipinski definition) is 1. The van der Waals surface area contributed by atoms with E-state index in [9.17, 15) is 14.4 Å². The highest BCUT2D eigenvalue weighted by molar-refractivity contribution is 5.98. The average Bonchev–Trinajstić information content (AvgIpc) is 3.21. The molecule has 6 heteroatoms. The molecule has 0 aromatic heterocycles. The summed E-state index contributed by atoms with van der Waals surface area (Å²) >= 11 is 0. The Bertz CT molecular complexity index is 891. The minimum absolute atomic E-state index is 0.137. The number of nitrogens with one attached hydrogen (secondary N) is 1. The molecule has 0 bridgehead atoms. The molecular weight excluding hydrogens is 440 g/mol. The van der Waals surface area contributed by atoms with Crippen LogP contribution in [0, 0.1) is 5.92 Å². The van der Waals surface area contributed by atoms with E-state index >= 15 is 0 Å². The van der Waals surface area contributed by atoms with Gasteiger partial charge in [-0.15, -0.1) is 0 Å². The van der Waals surface area contributed by atoms with Crippen LogP contribution in [0.4, 0.5) is 5.69 Å². The number of ether oxygens (including phenoxy) is 1. The van der Waals surface area contributed by atoms with Crippen molar-refractivity contribution in [3.05, 3.63) is 29.8 Å². The molecule has 35 heavy (non-hydrogen) atoms. The largest absolute Gasteiger partial charge is 0.458 e. The Labute approximate surface area is 209 Å². The van der Waals surface area contributed by atoms with Crippen LogP contribution in [-0.4, -0.2) is 40.4 Å². The van der Waals surface area contributed by atoms with E-state index in [1.807, 2.05) is 24.3 Å². The molecule has 1 aromatic carbocycles. The maximum absolute atomic E-state index is 13.7. The lowest BCUT2D eigenvalue weighted by Crippen LogP contribution is -2.48. The number of nitrogens with zero attached hydrogens (tertiary/aromatic N) is 1. The van der Waals surface area contributed by atoms with Crippen LogP contribution < -0.4 is 5.32 Å². The molecule has 0 radical (unpaired) electrons. The lowest BCUT2D eigenvalue weighted by atomic mass is 9.75. The number of carbonyl (C=O) groups excluding carboxylic acids is 3. The van der Waals surface area contributed by atoms with Crippen molar-refractivity contribution in [2.45, 2.75) is 120 Å². The second-order valence-electron chi connectivity index (χ2n) is 11.2. The van der Waals surface area contributed by atoms with E-state index in [1.165, 1.54) is 38.5 Å². The van der Waals surface area contributed by atoms with E-state index in [0.717, 1.165) is 57.8 Å². The van der Waals surface area contributed by atoms with Gasteiger partial charge in [0.2, 0.25) is 5.91 Å². The molecule has 1 aliphatic heterocycles. The van der Waals surface area contributed by atoms with Gasteiger partial charge in [0, 0.05) is 23.3 Å². The van der Waals surface area contributed by atoms with Crippen molar-refractivity contribution in [2.24, 2.45) is 5.92 Å². The number of anilines is 1. The van der Waals surface area contributed by atoms with Gasteiger partial charge < -0.3 is 15.0 Å². The van der Waals surface area contributed by atoms with Crippen LogP contribution in [0.15, 0.2) is 24.3 Å². The van der Waals surface area contributed by atoms with Gasteiger partial charge in [-0.1, -0.05) is 44.9 Å². The van der Waals surface area contributed by atoms with Crippen molar-refractivity contribution in [1.29, 1.82) is 0 Å². The minimum Gasteiger partial charge on any atom is -0.458 e. The fourth-order valence-corrected chi connectivity index (χ4v) is 7.05. The van der Waals surface area contributed by atoms with Crippen LogP contribution in [-0.2, 0) is 14.3 Å². The Morgan fingerprint density at radius 1 is 0.800 bits per heavy atom. The van der Waals surface area contributed by atoms with E-state index in [0.29, 0.717) is 23.3 Å². The fraction of sp³-hybridized carbons (Fsp3) is 0.690. The van der Waals surface area contributed by atoms with Crippen LogP contribution in [0.3, 0.4) is 0 Å². The third-order valence-corrected chi connectivity index (χ3v) is 8.91. The number of hydrogen-bond acceptors (Lipinski definition) is 4. The molecule has 2 amide bonds. The first kappa shape index (κ1) is 24.3. The van der Waals surface area contributed by atoms with Crippen molar-refractivity contribution in [3.63, 3.8) is 0 Å². The first-order chi connectivity index (χ1) is 17.1. The highest BCUT2D eigenvalue weighted by atomic mass is 16.6. The second-order valence-corrected chi connectivity index (χ2v) is 11.2. The lowest BCUT2D eigenvalue weighted by Gasteiger charge is -2.42. The minimum atomic E-state index is -0.629. The first-order valence-electron chi connectivity index (χ1n) is 14.0. The van der Waals surface area contributed by atoms with Crippen molar-refractivity contribution in [2.75, 3.05) is 5.32 Å². The van der Waals surface area contributed by atoms with Gasteiger partial charge in [0.1, 0.15) is 5.60 Å². The van der Waals surface area contributed by atoms with Gasteiger partial charge in [0.25, 0.3) is 5.91 Å². The lowest BCUT2D eigenvalue weighted by molar-refractivity contribution is -0.153. The number of carbonyl (C=O) groups is 3. The summed E-state index contributed by atoms with van der Waals surface area (Å²) in [5.74, 6) is -0.719. The molecule has 3 saturated carbocycles. The van der Waals surface area contributed by atoms with Crippen LogP contribution in [0.1, 0.15) is 113 Å². The van der Waals surface area contributed by atoms with Crippen LogP contribution >= 0.6 is 0 Å². The van der Waals surface area contributed by atoms with Gasteiger partial charge in [0.05, 0.1) is 12.3 Å². The molecule has 1 atom stereocenters. The van der Waals surface area contributed by atoms with Gasteiger partial charge in [-0.2, -0.15) is 0 Å². The second kappa shape index (κ2) is 10.7. The molecule has 1 N–H and O–H groups in total. The molecule has 1 aromatic rings. The number of esters is 1. The Hall–Kier alpha value is -2.37. The zero-order valence-electron chi connectivity index (χ0n) is 20.9. The summed E-state index contributed by atoms with van der Waals surface area (Å²) in [6.45, 7) is 0. The van der Waals surface area contributed by atoms with Crippen molar-refractivity contribution in [1.82, 2.24) is 4.90 Å². The molecule has 1 saturated heterocycles. The zero-order chi connectivity index (χ0) is 24.3. The van der Waals surface area contributed by atoms with E-state index in [2.05, 4.69) is 10.2 Å². The molecule has 3 aliphatic carbocycles. The molecule has 1 spiro atoms. The SMILES string of the molecule is O=C1C[C@@H](C(=O)Nc2ccc(C(=O)N(C3CCCCC3)C3CCCCC3)cc2)C2(CCCCC2)O1. The summed E-state index contributed by atoms with van der Waals surface area (Å²) < 4.78 is 5.70. The summed E-state index contributed by atoms with van der Waals surface area (Å²) in [5, 5.41) is 3.00. The zero-order valence-corrected chi connectivity index (χ0v) is 20.9. The third-order valence-electron chi connectivity index (χ3n) is 8.91. The van der Waals surface area contributed by atoms with Crippen molar-refractivity contribution >= 4 is 23.5 Å². The van der Waals surface area contributed by atoms with Crippen LogP contribution in [0.5, 0.6) is 0 Å². The standard InChI is InChI=1S/C29H40N2O4/c32-26-20-25(29(35-26)18-8-3-9-19-29)27(33)30-22-16-14-21(15-17-22)28(34)31(23-10-4-1-5-11-23)24-12-6-2-7-13-24/h14-17,23-25H,1-13,18-20H2,(H,30,33)/t25-/m0/s1. The van der Waals surface area contributed by atoms with Gasteiger partial charge >= 0.3 is 5.97 Å². The molecule has 190 valence electrons. The monoisotopic (exact) mass is 480 g/mol. The molecule has 5 rings (SSSR count).